The molecule has 2 aliphatic heterocycles. The van der Waals surface area contributed by atoms with Crippen LogP contribution in [-0.2, 0) is 14.7 Å². The van der Waals surface area contributed by atoms with E-state index in [0.717, 1.165) is 12.8 Å². The number of hydrogen-bond acceptors (Lipinski definition) is 9. The molecule has 3 atom stereocenters. The van der Waals surface area contributed by atoms with Crippen molar-refractivity contribution in [3.63, 3.8) is 0 Å². The predicted molar refractivity (Wildman–Crippen MR) is 77.7 cm³/mol. The van der Waals surface area contributed by atoms with Crippen molar-refractivity contribution >= 4 is 16.4 Å². The molecule has 1 aliphatic carbocycles. The molecule has 4 N–H and O–H groups in total. The SMILES string of the molecule is NC[C@@H](O)c1nnc([C@@H]2CC3(CC3)[C@@H]3CN2C(=O)N3OS(=O)(=O)O)o1. The zero-order valence-electron chi connectivity index (χ0n) is 13.0. The maximum atomic E-state index is 12.6. The van der Waals surface area contributed by atoms with Crippen molar-refractivity contribution in [2.45, 2.75) is 37.5 Å². The second-order valence-corrected chi connectivity index (χ2v) is 7.60. The zero-order valence-corrected chi connectivity index (χ0v) is 13.8. The van der Waals surface area contributed by atoms with Gasteiger partial charge in [-0.15, -0.1) is 14.5 Å². The molecule has 13 heteroatoms. The number of urea groups is 1. The largest absolute Gasteiger partial charge is 0.420 e. The van der Waals surface area contributed by atoms with Crippen LogP contribution in [0.15, 0.2) is 4.42 Å². The van der Waals surface area contributed by atoms with E-state index in [4.69, 9.17) is 14.7 Å². The van der Waals surface area contributed by atoms with Gasteiger partial charge in [-0.3, -0.25) is 4.55 Å². The van der Waals surface area contributed by atoms with Crippen molar-refractivity contribution in [2.24, 2.45) is 11.1 Å². The molecule has 2 bridgehead atoms. The average molecular weight is 375 g/mol. The number of nitrogens with two attached hydrogens (primary N) is 1. The van der Waals surface area contributed by atoms with Crippen LogP contribution in [0, 0.1) is 5.41 Å². The van der Waals surface area contributed by atoms with Crippen LogP contribution >= 0.6 is 0 Å². The van der Waals surface area contributed by atoms with Crippen LogP contribution in [0.5, 0.6) is 0 Å². The lowest BCUT2D eigenvalue weighted by Crippen LogP contribution is -2.43. The van der Waals surface area contributed by atoms with Gasteiger partial charge in [0.05, 0.1) is 6.04 Å². The predicted octanol–water partition coefficient (Wildman–Crippen LogP) is -0.873. The standard InChI is InChI=1S/C12H17N5O7S/c13-4-7(18)10-15-14-9(23-10)6-3-12(1-2-12)8-5-16(6)11(19)17(8)24-25(20,21)22/h6-8,18H,1-5,13H2,(H,20,21,22)/t6-,7+,8-/m0/s1. The van der Waals surface area contributed by atoms with E-state index in [9.17, 15) is 18.3 Å². The van der Waals surface area contributed by atoms with Crippen molar-refractivity contribution in [2.75, 3.05) is 13.1 Å². The van der Waals surface area contributed by atoms with Crippen LogP contribution in [0.2, 0.25) is 0 Å². The minimum atomic E-state index is -4.81. The number of nitrogens with zero attached hydrogens (tertiary/aromatic N) is 4. The molecule has 12 nitrogen and oxygen atoms in total. The first-order valence-corrected chi connectivity index (χ1v) is 9.09. The van der Waals surface area contributed by atoms with Gasteiger partial charge in [0.25, 0.3) is 0 Å². The number of aliphatic hydroxyl groups is 1. The van der Waals surface area contributed by atoms with Crippen LogP contribution < -0.4 is 5.73 Å². The monoisotopic (exact) mass is 375 g/mol. The van der Waals surface area contributed by atoms with E-state index < -0.39 is 34.6 Å². The number of amides is 2. The van der Waals surface area contributed by atoms with E-state index in [1.165, 1.54) is 4.90 Å². The zero-order chi connectivity index (χ0) is 18.0. The van der Waals surface area contributed by atoms with Crippen LogP contribution in [0.25, 0.3) is 0 Å². The highest BCUT2D eigenvalue weighted by atomic mass is 32.3. The lowest BCUT2D eigenvalue weighted by Gasteiger charge is -2.34. The summed E-state index contributed by atoms with van der Waals surface area (Å²) in [6.45, 7) is 0.132. The Balaban J connectivity index is 1.64. The van der Waals surface area contributed by atoms with Gasteiger partial charge in [0.15, 0.2) is 0 Å². The maximum absolute atomic E-state index is 12.6. The molecule has 1 aromatic heterocycles. The maximum Gasteiger partial charge on any atom is 0.418 e. The van der Waals surface area contributed by atoms with Crippen LogP contribution in [0.1, 0.15) is 43.2 Å². The second kappa shape index (κ2) is 5.35. The fourth-order valence-corrected chi connectivity index (χ4v) is 4.02. The number of fused-ring (bicyclic) bond motifs is 3. The summed E-state index contributed by atoms with van der Waals surface area (Å²) in [7, 11) is -4.81. The Kier molecular flexibility index (Phi) is 3.56. The summed E-state index contributed by atoms with van der Waals surface area (Å²) in [6.07, 6.45) is 0.968. The van der Waals surface area contributed by atoms with E-state index in [0.29, 0.717) is 11.5 Å². The van der Waals surface area contributed by atoms with Gasteiger partial charge in [0.1, 0.15) is 12.1 Å². The molecule has 1 saturated carbocycles. The van der Waals surface area contributed by atoms with Crippen LogP contribution in [0.3, 0.4) is 0 Å². The third kappa shape index (κ3) is 2.67. The van der Waals surface area contributed by atoms with E-state index in [1.807, 2.05) is 0 Å². The molecule has 0 unspecified atom stereocenters. The topological polar surface area (TPSA) is 172 Å². The Morgan fingerprint density at radius 3 is 2.76 bits per heavy atom. The van der Waals surface area contributed by atoms with Crippen molar-refractivity contribution in [1.82, 2.24) is 20.2 Å². The number of aliphatic hydroxyl groups excluding tert-OH is 1. The van der Waals surface area contributed by atoms with Crippen molar-refractivity contribution in [3.8, 4) is 0 Å². The lowest BCUT2D eigenvalue weighted by molar-refractivity contribution is -0.0530. The lowest BCUT2D eigenvalue weighted by atomic mass is 9.85. The van der Waals surface area contributed by atoms with Crippen molar-refractivity contribution < 1.29 is 31.6 Å². The van der Waals surface area contributed by atoms with Gasteiger partial charge in [-0.25, -0.2) is 4.79 Å². The van der Waals surface area contributed by atoms with E-state index in [2.05, 4.69) is 14.5 Å². The fraction of sp³-hybridized carbons (Fsp3) is 0.750. The third-order valence-electron chi connectivity index (χ3n) is 5.09. The molecule has 3 heterocycles. The Labute approximate surface area is 142 Å². The smallest absolute Gasteiger partial charge is 0.418 e. The molecular weight excluding hydrogens is 358 g/mol. The number of hydrogen-bond donors (Lipinski definition) is 3. The summed E-state index contributed by atoms with van der Waals surface area (Å²) in [4.78, 5) is 13.9. The highest BCUT2D eigenvalue weighted by Crippen LogP contribution is 2.61. The molecule has 2 saturated heterocycles. The van der Waals surface area contributed by atoms with Gasteiger partial charge < -0.3 is 20.2 Å². The Bertz CT molecular complexity index is 807. The van der Waals surface area contributed by atoms with Crippen LogP contribution in [-0.4, -0.2) is 63.4 Å². The normalized spacial score (nSPS) is 28.7. The van der Waals surface area contributed by atoms with Gasteiger partial charge in [0, 0.05) is 13.1 Å². The number of aromatic nitrogens is 2. The molecule has 25 heavy (non-hydrogen) atoms. The van der Waals surface area contributed by atoms with Crippen molar-refractivity contribution in [1.29, 1.82) is 0 Å². The highest BCUT2D eigenvalue weighted by Gasteiger charge is 2.64. The minimum Gasteiger partial charge on any atom is -0.420 e. The summed E-state index contributed by atoms with van der Waals surface area (Å²) in [5.41, 5.74) is 5.04. The number of hydroxylamine groups is 2. The molecule has 4 rings (SSSR count). The van der Waals surface area contributed by atoms with Crippen LogP contribution in [0.4, 0.5) is 4.79 Å². The Hall–Kier alpha value is -1.80. The van der Waals surface area contributed by atoms with E-state index in [-0.39, 0.29) is 30.3 Å². The van der Waals surface area contributed by atoms with Gasteiger partial charge >= 0.3 is 16.4 Å². The number of piperidine rings is 1. The summed E-state index contributed by atoms with van der Waals surface area (Å²) in [5.74, 6) is 0.108. The van der Waals surface area contributed by atoms with E-state index >= 15 is 0 Å². The first-order chi connectivity index (χ1) is 11.7. The highest BCUT2D eigenvalue weighted by molar-refractivity contribution is 7.80. The molecular formula is C12H17N5O7S. The molecule has 0 radical (unpaired) electrons. The second-order valence-electron chi connectivity index (χ2n) is 6.59. The summed E-state index contributed by atoms with van der Waals surface area (Å²) in [5, 5.41) is 18.1. The molecule has 3 aliphatic rings. The molecule has 2 amide bonds. The first-order valence-electron chi connectivity index (χ1n) is 7.72. The molecule has 1 aromatic rings. The first kappa shape index (κ1) is 16.7. The van der Waals surface area contributed by atoms with Crippen molar-refractivity contribution in [3.05, 3.63) is 11.8 Å². The summed E-state index contributed by atoms with van der Waals surface area (Å²) >= 11 is 0. The number of carbonyl (C=O) groups excluding carboxylic acids is 1. The summed E-state index contributed by atoms with van der Waals surface area (Å²) < 4.78 is 41.0. The quantitative estimate of drug-likeness (QED) is 0.549. The minimum absolute atomic E-state index is 0.0397. The Morgan fingerprint density at radius 2 is 2.16 bits per heavy atom. The van der Waals surface area contributed by atoms with Gasteiger partial charge in [-0.05, 0) is 24.7 Å². The number of rotatable bonds is 5. The summed E-state index contributed by atoms with van der Waals surface area (Å²) in [6, 6.07) is -1.74. The Morgan fingerprint density at radius 1 is 1.44 bits per heavy atom. The van der Waals surface area contributed by atoms with Gasteiger partial charge in [-0.1, -0.05) is 0 Å². The average Bonchev–Trinajstić information content (AvgIpc) is 3.04. The van der Waals surface area contributed by atoms with E-state index in [1.54, 1.807) is 0 Å². The van der Waals surface area contributed by atoms with Gasteiger partial charge in [0.2, 0.25) is 11.8 Å². The molecule has 3 fully saturated rings. The fourth-order valence-electron chi connectivity index (χ4n) is 3.65. The molecule has 1 spiro atoms. The molecule has 138 valence electrons. The third-order valence-corrected chi connectivity index (χ3v) is 5.44. The van der Waals surface area contributed by atoms with Gasteiger partial charge in [-0.2, -0.15) is 13.5 Å². The molecule has 0 aromatic carbocycles. The number of carbonyl (C=O) groups is 1.